The van der Waals surface area contributed by atoms with Gasteiger partial charge in [-0.1, -0.05) is 44.2 Å². The number of likely N-dealkylation sites (N-methyl/N-ethyl adjacent to an activating group) is 1. The van der Waals surface area contributed by atoms with Crippen molar-refractivity contribution in [3.05, 3.63) is 35.9 Å². The number of benzene rings is 1. The average Bonchev–Trinajstić information content (AvgIpc) is 3.31. The molecule has 0 spiro atoms. The third-order valence-corrected chi connectivity index (χ3v) is 8.31. The highest BCUT2D eigenvalue weighted by Gasteiger charge is 2.57. The summed E-state index contributed by atoms with van der Waals surface area (Å²) >= 11 is 0. The maximum absolute atomic E-state index is 13.8. The van der Waals surface area contributed by atoms with Gasteiger partial charge in [0.2, 0.25) is 17.7 Å². The van der Waals surface area contributed by atoms with E-state index in [2.05, 4.69) is 22.9 Å². The maximum atomic E-state index is 13.8. The van der Waals surface area contributed by atoms with Crippen LogP contribution in [0.25, 0.3) is 0 Å². The lowest BCUT2D eigenvalue weighted by Gasteiger charge is -2.43. The third kappa shape index (κ3) is 4.72. The van der Waals surface area contributed by atoms with Gasteiger partial charge >= 0.3 is 0 Å². The van der Waals surface area contributed by atoms with Gasteiger partial charge in [0.25, 0.3) is 0 Å². The molecule has 7 heteroatoms. The summed E-state index contributed by atoms with van der Waals surface area (Å²) in [5, 5.41) is 9.22. The van der Waals surface area contributed by atoms with E-state index in [1.54, 1.807) is 14.0 Å². The third-order valence-electron chi connectivity index (χ3n) is 8.31. The van der Waals surface area contributed by atoms with Crippen molar-refractivity contribution in [2.45, 2.75) is 89.9 Å². The SMILES string of the molecule is CN[C@@H](C)C(=O)N[C@H](C(=O)N1CCC2CCC(NC(=O)C(C)(C)c3ccccc3)C21C)C(C)C. The zero-order chi connectivity index (χ0) is 25.3. The lowest BCUT2D eigenvalue weighted by atomic mass is 9.82. The summed E-state index contributed by atoms with van der Waals surface area (Å²) < 4.78 is 0. The largest absolute Gasteiger partial charge is 0.350 e. The van der Waals surface area contributed by atoms with Crippen molar-refractivity contribution in [1.29, 1.82) is 0 Å². The van der Waals surface area contributed by atoms with E-state index in [0.717, 1.165) is 24.8 Å². The van der Waals surface area contributed by atoms with Crippen LogP contribution in [0.5, 0.6) is 0 Å². The molecule has 5 atom stereocenters. The highest BCUT2D eigenvalue weighted by atomic mass is 16.2. The molecular weight excluding hydrogens is 428 g/mol. The molecule has 2 aliphatic rings. The Labute approximate surface area is 204 Å². The standard InChI is InChI=1S/C27H42N4O3/c1-17(2)22(30-23(32)18(3)28-7)24(33)31-16-15-20-13-14-21(27(20,31)6)29-25(34)26(4,5)19-11-9-8-10-12-19/h8-12,17-18,20-22,28H,13-16H2,1-7H3,(H,29,34)(H,30,32)/t18-,20?,21?,22-,27?/m0/s1. The van der Waals surface area contributed by atoms with Gasteiger partial charge in [0, 0.05) is 6.54 Å². The highest BCUT2D eigenvalue weighted by molar-refractivity contribution is 5.91. The molecule has 2 fully saturated rings. The Morgan fingerprint density at radius 2 is 1.71 bits per heavy atom. The molecule has 1 aliphatic carbocycles. The van der Waals surface area contributed by atoms with Crippen LogP contribution in [-0.2, 0) is 19.8 Å². The van der Waals surface area contributed by atoms with E-state index in [4.69, 9.17) is 0 Å². The van der Waals surface area contributed by atoms with Crippen LogP contribution in [0.4, 0.5) is 0 Å². The lowest BCUT2D eigenvalue weighted by Crippen LogP contribution is -2.64. The fourth-order valence-electron chi connectivity index (χ4n) is 5.59. The molecule has 0 radical (unpaired) electrons. The number of rotatable bonds is 8. The molecule has 1 aromatic rings. The van der Waals surface area contributed by atoms with Crippen molar-refractivity contribution in [2.75, 3.05) is 13.6 Å². The van der Waals surface area contributed by atoms with Crippen LogP contribution < -0.4 is 16.0 Å². The van der Waals surface area contributed by atoms with Gasteiger partial charge in [-0.2, -0.15) is 0 Å². The van der Waals surface area contributed by atoms with E-state index in [1.165, 1.54) is 0 Å². The Kier molecular flexibility index (Phi) is 7.75. The minimum absolute atomic E-state index is 0.0265. The average molecular weight is 471 g/mol. The molecule has 188 valence electrons. The topological polar surface area (TPSA) is 90.5 Å². The van der Waals surface area contributed by atoms with Gasteiger partial charge in [0.15, 0.2) is 0 Å². The van der Waals surface area contributed by atoms with Gasteiger partial charge in [0.05, 0.1) is 23.0 Å². The predicted molar refractivity (Wildman–Crippen MR) is 134 cm³/mol. The molecule has 3 rings (SSSR count). The summed E-state index contributed by atoms with van der Waals surface area (Å²) in [7, 11) is 1.73. The van der Waals surface area contributed by atoms with E-state index in [-0.39, 0.29) is 35.7 Å². The number of nitrogens with one attached hydrogen (secondary N) is 3. The van der Waals surface area contributed by atoms with E-state index >= 15 is 0 Å². The zero-order valence-electron chi connectivity index (χ0n) is 21.8. The van der Waals surface area contributed by atoms with Crippen molar-refractivity contribution >= 4 is 17.7 Å². The quantitative estimate of drug-likeness (QED) is 0.545. The van der Waals surface area contributed by atoms with Crippen molar-refractivity contribution in [1.82, 2.24) is 20.9 Å². The van der Waals surface area contributed by atoms with E-state index in [9.17, 15) is 14.4 Å². The monoisotopic (exact) mass is 470 g/mol. The van der Waals surface area contributed by atoms with Gasteiger partial charge in [-0.3, -0.25) is 14.4 Å². The number of carbonyl (C=O) groups excluding carboxylic acids is 3. The molecule has 7 nitrogen and oxygen atoms in total. The first-order chi connectivity index (χ1) is 15.9. The van der Waals surface area contributed by atoms with Crippen LogP contribution in [0.1, 0.15) is 66.4 Å². The minimum Gasteiger partial charge on any atom is -0.350 e. The molecule has 34 heavy (non-hydrogen) atoms. The first-order valence-electron chi connectivity index (χ1n) is 12.6. The maximum Gasteiger partial charge on any atom is 0.245 e. The van der Waals surface area contributed by atoms with Gasteiger partial charge in [0.1, 0.15) is 6.04 Å². The Hall–Kier alpha value is -2.41. The van der Waals surface area contributed by atoms with Gasteiger partial charge < -0.3 is 20.9 Å². The molecule has 3 amide bonds. The molecule has 1 saturated heterocycles. The molecular formula is C27H42N4O3. The molecule has 3 unspecified atom stereocenters. The van der Waals surface area contributed by atoms with Crippen molar-refractivity contribution in [3.63, 3.8) is 0 Å². The second-order valence-corrected chi connectivity index (χ2v) is 11.0. The van der Waals surface area contributed by atoms with E-state index in [0.29, 0.717) is 12.5 Å². The van der Waals surface area contributed by atoms with Crippen LogP contribution in [0.2, 0.25) is 0 Å². The Morgan fingerprint density at radius 1 is 1.06 bits per heavy atom. The summed E-state index contributed by atoms with van der Waals surface area (Å²) in [4.78, 5) is 41.8. The molecule has 1 heterocycles. The van der Waals surface area contributed by atoms with Crippen LogP contribution in [-0.4, -0.2) is 59.9 Å². The fourth-order valence-corrected chi connectivity index (χ4v) is 5.59. The van der Waals surface area contributed by atoms with Crippen molar-refractivity contribution in [3.8, 4) is 0 Å². The van der Waals surface area contributed by atoms with Crippen LogP contribution in [0.3, 0.4) is 0 Å². The lowest BCUT2D eigenvalue weighted by molar-refractivity contribution is -0.143. The number of carbonyl (C=O) groups is 3. The molecule has 0 bridgehead atoms. The minimum atomic E-state index is -0.680. The van der Waals surface area contributed by atoms with Crippen LogP contribution in [0, 0.1) is 11.8 Å². The summed E-state index contributed by atoms with van der Waals surface area (Å²) in [6.45, 7) is 12.3. The first kappa shape index (κ1) is 26.2. The Bertz CT molecular complexity index is 900. The first-order valence-corrected chi connectivity index (χ1v) is 12.6. The van der Waals surface area contributed by atoms with Crippen molar-refractivity contribution < 1.29 is 14.4 Å². The summed E-state index contributed by atoms with van der Waals surface area (Å²) in [5.74, 6) is 0.0221. The number of amides is 3. The Balaban J connectivity index is 1.81. The summed E-state index contributed by atoms with van der Waals surface area (Å²) in [6, 6.07) is 8.70. The number of likely N-dealkylation sites (tertiary alicyclic amines) is 1. The molecule has 1 aliphatic heterocycles. The van der Waals surface area contributed by atoms with Gasteiger partial charge in [-0.05, 0) is 71.4 Å². The number of fused-ring (bicyclic) bond motifs is 1. The fraction of sp³-hybridized carbons (Fsp3) is 0.667. The molecule has 3 N–H and O–H groups in total. The number of hydrogen-bond donors (Lipinski definition) is 3. The zero-order valence-corrected chi connectivity index (χ0v) is 21.8. The number of hydrogen-bond acceptors (Lipinski definition) is 4. The van der Waals surface area contributed by atoms with Crippen LogP contribution >= 0.6 is 0 Å². The molecule has 1 saturated carbocycles. The van der Waals surface area contributed by atoms with E-state index < -0.39 is 17.0 Å². The predicted octanol–water partition coefficient (Wildman–Crippen LogP) is 2.60. The van der Waals surface area contributed by atoms with Crippen molar-refractivity contribution in [2.24, 2.45) is 11.8 Å². The van der Waals surface area contributed by atoms with Gasteiger partial charge in [-0.25, -0.2) is 0 Å². The number of nitrogens with zero attached hydrogens (tertiary/aromatic N) is 1. The van der Waals surface area contributed by atoms with Gasteiger partial charge in [-0.15, -0.1) is 0 Å². The smallest absolute Gasteiger partial charge is 0.245 e. The molecule has 1 aromatic carbocycles. The second-order valence-electron chi connectivity index (χ2n) is 11.0. The van der Waals surface area contributed by atoms with E-state index in [1.807, 2.05) is 62.9 Å². The van der Waals surface area contributed by atoms with Crippen LogP contribution in [0.15, 0.2) is 30.3 Å². The Morgan fingerprint density at radius 3 is 2.29 bits per heavy atom. The second kappa shape index (κ2) is 10.1. The normalized spacial score (nSPS) is 26.2. The highest BCUT2D eigenvalue weighted by Crippen LogP contribution is 2.47. The summed E-state index contributed by atoms with van der Waals surface area (Å²) in [6.07, 6.45) is 2.74. The molecule has 0 aromatic heterocycles. The summed E-state index contributed by atoms with van der Waals surface area (Å²) in [5.41, 5.74) is -0.180.